The lowest BCUT2D eigenvalue weighted by atomic mass is 10.2. The maximum absolute atomic E-state index is 13.2. The second-order valence-corrected chi connectivity index (χ2v) is 5.74. The van der Waals surface area contributed by atoms with Gasteiger partial charge in [0, 0.05) is 23.0 Å². The Labute approximate surface area is 156 Å². The summed E-state index contributed by atoms with van der Waals surface area (Å²) in [7, 11) is 0. The second-order valence-electron chi connectivity index (χ2n) is 5.74. The first-order valence-corrected chi connectivity index (χ1v) is 8.46. The van der Waals surface area contributed by atoms with Gasteiger partial charge in [0.1, 0.15) is 17.5 Å². The first-order valence-electron chi connectivity index (χ1n) is 8.46. The smallest absolute Gasteiger partial charge is 0.255 e. The van der Waals surface area contributed by atoms with Crippen molar-refractivity contribution in [1.82, 2.24) is 9.97 Å². The van der Waals surface area contributed by atoms with Crippen LogP contribution in [0.25, 0.3) is 0 Å². The van der Waals surface area contributed by atoms with Crippen molar-refractivity contribution in [2.24, 2.45) is 0 Å². The highest BCUT2D eigenvalue weighted by molar-refractivity contribution is 6.04. The van der Waals surface area contributed by atoms with E-state index in [4.69, 9.17) is 4.74 Å². The zero-order valence-electron chi connectivity index (χ0n) is 15.0. The third-order valence-electron chi connectivity index (χ3n) is 3.61. The molecule has 0 unspecified atom stereocenters. The van der Waals surface area contributed by atoms with Crippen LogP contribution in [0.15, 0.2) is 54.6 Å². The van der Waals surface area contributed by atoms with E-state index in [1.807, 2.05) is 6.92 Å². The predicted octanol–water partition coefficient (Wildman–Crippen LogP) is 4.32. The largest absolute Gasteiger partial charge is 0.478 e. The van der Waals surface area contributed by atoms with E-state index in [1.54, 1.807) is 43.3 Å². The first-order chi connectivity index (χ1) is 13.0. The molecule has 6 nitrogen and oxygen atoms in total. The van der Waals surface area contributed by atoms with Crippen molar-refractivity contribution in [2.75, 3.05) is 17.2 Å². The van der Waals surface area contributed by atoms with Gasteiger partial charge in [0.2, 0.25) is 5.88 Å². The number of benzene rings is 2. The topological polar surface area (TPSA) is 76.1 Å². The molecular weight excluding hydrogens is 347 g/mol. The van der Waals surface area contributed by atoms with Gasteiger partial charge in [0.25, 0.3) is 5.91 Å². The summed E-state index contributed by atoms with van der Waals surface area (Å²) < 4.78 is 18.6. The molecule has 3 rings (SSSR count). The summed E-state index contributed by atoms with van der Waals surface area (Å²) in [5.41, 5.74) is 1.65. The lowest BCUT2D eigenvalue weighted by Crippen LogP contribution is -2.12. The average Bonchev–Trinajstić information content (AvgIpc) is 2.63. The van der Waals surface area contributed by atoms with E-state index in [0.717, 1.165) is 5.69 Å². The van der Waals surface area contributed by atoms with Crippen LogP contribution in [-0.4, -0.2) is 22.5 Å². The molecule has 0 aliphatic carbocycles. The zero-order chi connectivity index (χ0) is 19.2. The molecule has 0 bridgehead atoms. The Kier molecular flexibility index (Phi) is 5.61. The predicted molar refractivity (Wildman–Crippen MR) is 102 cm³/mol. The summed E-state index contributed by atoms with van der Waals surface area (Å²) in [6.07, 6.45) is 0. The van der Waals surface area contributed by atoms with Crippen LogP contribution in [-0.2, 0) is 0 Å². The number of aryl methyl sites for hydroxylation is 1. The number of nitrogens with zero attached hydrogens (tertiary/aromatic N) is 2. The minimum absolute atomic E-state index is 0.261. The van der Waals surface area contributed by atoms with Crippen LogP contribution >= 0.6 is 0 Å². The molecule has 1 heterocycles. The number of carbonyl (C=O) groups is 1. The first kappa shape index (κ1) is 18.3. The molecule has 0 spiro atoms. The van der Waals surface area contributed by atoms with Gasteiger partial charge >= 0.3 is 0 Å². The molecule has 2 aromatic carbocycles. The molecular formula is C20H19FN4O2. The number of halogens is 1. The summed E-state index contributed by atoms with van der Waals surface area (Å²) in [6, 6.07) is 14.4. The number of rotatable bonds is 6. The summed E-state index contributed by atoms with van der Waals surface area (Å²) >= 11 is 0. The number of ether oxygens (including phenoxy) is 1. The van der Waals surface area contributed by atoms with Gasteiger partial charge in [0.15, 0.2) is 0 Å². The summed E-state index contributed by atoms with van der Waals surface area (Å²) in [5, 5.41) is 5.90. The van der Waals surface area contributed by atoms with Gasteiger partial charge in [-0.1, -0.05) is 6.07 Å². The molecule has 0 saturated heterocycles. The highest BCUT2D eigenvalue weighted by atomic mass is 19.1. The Morgan fingerprint density at radius 3 is 2.52 bits per heavy atom. The SMILES string of the molecule is CCOc1cc(Nc2ccc(NC(=O)c3cccc(F)c3)cc2)nc(C)n1. The molecule has 0 fully saturated rings. The van der Waals surface area contributed by atoms with Gasteiger partial charge in [-0.15, -0.1) is 0 Å². The third-order valence-corrected chi connectivity index (χ3v) is 3.61. The van der Waals surface area contributed by atoms with Gasteiger partial charge in [-0.2, -0.15) is 4.98 Å². The van der Waals surface area contributed by atoms with Crippen LogP contribution in [0.2, 0.25) is 0 Å². The van der Waals surface area contributed by atoms with Crippen LogP contribution in [0.5, 0.6) is 5.88 Å². The highest BCUT2D eigenvalue weighted by Gasteiger charge is 2.07. The van der Waals surface area contributed by atoms with E-state index >= 15 is 0 Å². The molecule has 0 atom stereocenters. The Morgan fingerprint density at radius 2 is 1.81 bits per heavy atom. The summed E-state index contributed by atoms with van der Waals surface area (Å²) in [4.78, 5) is 20.7. The molecule has 2 N–H and O–H groups in total. The van der Waals surface area contributed by atoms with Crippen molar-refractivity contribution < 1.29 is 13.9 Å². The number of aromatic nitrogens is 2. The maximum atomic E-state index is 13.2. The fraction of sp³-hybridized carbons (Fsp3) is 0.150. The van der Waals surface area contributed by atoms with Gasteiger partial charge in [-0.05, 0) is 56.3 Å². The van der Waals surface area contributed by atoms with Gasteiger partial charge in [0.05, 0.1) is 6.61 Å². The van der Waals surface area contributed by atoms with Crippen LogP contribution < -0.4 is 15.4 Å². The van der Waals surface area contributed by atoms with E-state index in [0.29, 0.717) is 29.8 Å². The zero-order valence-corrected chi connectivity index (χ0v) is 15.0. The molecule has 0 radical (unpaired) electrons. The van der Waals surface area contributed by atoms with Gasteiger partial charge in [-0.3, -0.25) is 4.79 Å². The minimum atomic E-state index is -0.450. The Hall–Kier alpha value is -3.48. The second kappa shape index (κ2) is 8.27. The molecule has 138 valence electrons. The van der Waals surface area contributed by atoms with Crippen LogP contribution in [0.1, 0.15) is 23.1 Å². The fourth-order valence-electron chi connectivity index (χ4n) is 2.44. The number of nitrogens with one attached hydrogen (secondary N) is 2. The van der Waals surface area contributed by atoms with Crippen molar-refractivity contribution in [1.29, 1.82) is 0 Å². The molecule has 0 aliphatic rings. The van der Waals surface area contributed by atoms with Crippen molar-refractivity contribution in [3.05, 3.63) is 71.8 Å². The number of carbonyl (C=O) groups excluding carboxylic acids is 1. The van der Waals surface area contributed by atoms with Crippen molar-refractivity contribution in [2.45, 2.75) is 13.8 Å². The number of anilines is 3. The molecule has 1 aromatic heterocycles. The Morgan fingerprint density at radius 1 is 1.07 bits per heavy atom. The third kappa shape index (κ3) is 5.01. The quantitative estimate of drug-likeness (QED) is 0.679. The molecule has 7 heteroatoms. The highest BCUT2D eigenvalue weighted by Crippen LogP contribution is 2.21. The van der Waals surface area contributed by atoms with Crippen LogP contribution in [0.4, 0.5) is 21.6 Å². The fourth-order valence-corrected chi connectivity index (χ4v) is 2.44. The van der Waals surface area contributed by atoms with E-state index in [1.165, 1.54) is 18.2 Å². The number of hydrogen-bond donors (Lipinski definition) is 2. The normalized spacial score (nSPS) is 10.3. The standard InChI is InChI=1S/C20H19FN4O2/c1-3-27-19-12-18(22-13(2)23-19)24-16-7-9-17(10-8-16)25-20(26)14-5-4-6-15(21)11-14/h4-12H,3H2,1-2H3,(H,25,26)(H,22,23,24). The van der Waals surface area contributed by atoms with E-state index in [2.05, 4.69) is 20.6 Å². The minimum Gasteiger partial charge on any atom is -0.478 e. The Balaban J connectivity index is 1.68. The summed E-state index contributed by atoms with van der Waals surface area (Å²) in [5.74, 6) is 0.896. The molecule has 3 aromatic rings. The van der Waals surface area contributed by atoms with Crippen molar-refractivity contribution in [3.63, 3.8) is 0 Å². The Bertz CT molecular complexity index is 945. The lowest BCUT2D eigenvalue weighted by Gasteiger charge is -2.10. The molecule has 0 saturated carbocycles. The van der Waals surface area contributed by atoms with Crippen LogP contribution in [0, 0.1) is 12.7 Å². The lowest BCUT2D eigenvalue weighted by molar-refractivity contribution is 0.102. The maximum Gasteiger partial charge on any atom is 0.255 e. The van der Waals surface area contributed by atoms with E-state index < -0.39 is 5.82 Å². The van der Waals surface area contributed by atoms with E-state index in [-0.39, 0.29) is 11.5 Å². The van der Waals surface area contributed by atoms with Gasteiger partial charge in [-0.25, -0.2) is 9.37 Å². The average molecular weight is 366 g/mol. The molecule has 1 amide bonds. The molecule has 0 aliphatic heterocycles. The number of hydrogen-bond acceptors (Lipinski definition) is 5. The van der Waals surface area contributed by atoms with Gasteiger partial charge < -0.3 is 15.4 Å². The van der Waals surface area contributed by atoms with Crippen LogP contribution in [0.3, 0.4) is 0 Å². The number of amides is 1. The van der Waals surface area contributed by atoms with Crippen molar-refractivity contribution >= 4 is 23.1 Å². The molecule has 27 heavy (non-hydrogen) atoms. The monoisotopic (exact) mass is 366 g/mol. The van der Waals surface area contributed by atoms with Crippen molar-refractivity contribution in [3.8, 4) is 5.88 Å². The van der Waals surface area contributed by atoms with E-state index in [9.17, 15) is 9.18 Å². The summed E-state index contributed by atoms with van der Waals surface area (Å²) in [6.45, 7) is 4.20.